The van der Waals surface area contributed by atoms with Crippen molar-refractivity contribution in [2.75, 3.05) is 10.6 Å². The fourth-order valence-electron chi connectivity index (χ4n) is 3.99. The number of aliphatic carboxylic acids is 1. The summed E-state index contributed by atoms with van der Waals surface area (Å²) in [6, 6.07) is 9.45. The molecule has 1 fully saturated rings. The van der Waals surface area contributed by atoms with Crippen LogP contribution in [0.2, 0.25) is 0 Å². The molecule has 1 aliphatic carbocycles. The van der Waals surface area contributed by atoms with E-state index in [0.29, 0.717) is 33.5 Å². The number of benzene rings is 1. The van der Waals surface area contributed by atoms with E-state index >= 15 is 0 Å². The molecule has 0 unspecified atom stereocenters. The van der Waals surface area contributed by atoms with Gasteiger partial charge in [0.1, 0.15) is 16.1 Å². The van der Waals surface area contributed by atoms with Gasteiger partial charge in [-0.05, 0) is 71.1 Å². The Balaban J connectivity index is 1.31. The number of amides is 1. The van der Waals surface area contributed by atoms with Gasteiger partial charge in [0.2, 0.25) is 0 Å². The number of carboxylic acids is 1. The molecule has 1 saturated carbocycles. The lowest BCUT2D eigenvalue weighted by Gasteiger charge is -2.28. The third kappa shape index (κ3) is 5.70. The highest BCUT2D eigenvalue weighted by Gasteiger charge is 2.24. The van der Waals surface area contributed by atoms with Crippen LogP contribution in [0.15, 0.2) is 47.3 Å². The molecule has 3 aromatic rings. The summed E-state index contributed by atoms with van der Waals surface area (Å²) in [6.07, 6.45) is 7.26. The Labute approximate surface area is 193 Å². The van der Waals surface area contributed by atoms with E-state index < -0.39 is 5.97 Å². The van der Waals surface area contributed by atoms with Crippen LogP contribution in [0.3, 0.4) is 0 Å². The zero-order valence-corrected chi connectivity index (χ0v) is 18.8. The lowest BCUT2D eigenvalue weighted by molar-refractivity contribution is -0.138. The molecule has 9 nitrogen and oxygen atoms in total. The van der Waals surface area contributed by atoms with E-state index in [2.05, 4.69) is 46.7 Å². The molecule has 1 aromatic carbocycles. The van der Waals surface area contributed by atoms with E-state index in [-0.39, 0.29) is 18.2 Å². The minimum Gasteiger partial charge on any atom is -0.481 e. The molecule has 2 heterocycles. The Morgan fingerprint density at radius 2 is 1.81 bits per heavy atom. The van der Waals surface area contributed by atoms with E-state index in [1.807, 2.05) is 24.3 Å². The fraction of sp³-hybridized carbons (Fsp3) is 0.318. The Hall–Kier alpha value is -3.27. The van der Waals surface area contributed by atoms with Crippen molar-refractivity contribution in [2.24, 2.45) is 5.92 Å². The molecule has 0 spiro atoms. The Morgan fingerprint density at radius 3 is 2.47 bits per heavy atom. The van der Waals surface area contributed by atoms with Gasteiger partial charge in [-0.15, -0.1) is 0 Å². The van der Waals surface area contributed by atoms with Crippen molar-refractivity contribution in [3.63, 3.8) is 0 Å². The van der Waals surface area contributed by atoms with Crippen LogP contribution in [0.5, 0.6) is 0 Å². The smallest absolute Gasteiger partial charge is 0.303 e. The lowest BCUT2D eigenvalue weighted by atomic mass is 9.77. The maximum Gasteiger partial charge on any atom is 0.303 e. The third-order valence-corrected chi connectivity index (χ3v) is 6.06. The number of halogens is 1. The second-order valence-corrected chi connectivity index (χ2v) is 8.72. The highest BCUT2D eigenvalue weighted by molar-refractivity contribution is 9.10. The maximum atomic E-state index is 12.5. The number of aromatic nitrogens is 4. The van der Waals surface area contributed by atoms with Gasteiger partial charge in [0, 0.05) is 18.2 Å². The summed E-state index contributed by atoms with van der Waals surface area (Å²) in [5.41, 5.74) is 2.24. The van der Waals surface area contributed by atoms with Crippen LogP contribution in [-0.4, -0.2) is 37.1 Å². The second-order valence-electron chi connectivity index (χ2n) is 7.91. The van der Waals surface area contributed by atoms with Crippen molar-refractivity contribution < 1.29 is 14.7 Å². The molecular formula is C22H23BrN6O3. The molecule has 1 aliphatic rings. The topological polar surface area (TPSA) is 133 Å². The largest absolute Gasteiger partial charge is 0.481 e. The molecule has 0 bridgehead atoms. The first-order valence-corrected chi connectivity index (χ1v) is 11.2. The van der Waals surface area contributed by atoms with Crippen LogP contribution in [-0.2, 0) is 4.79 Å². The first kappa shape index (κ1) is 21.9. The van der Waals surface area contributed by atoms with Gasteiger partial charge in [-0.2, -0.15) is 5.10 Å². The summed E-state index contributed by atoms with van der Waals surface area (Å²) in [5, 5.41) is 21.6. The summed E-state index contributed by atoms with van der Waals surface area (Å²) in [4.78, 5) is 31.7. The van der Waals surface area contributed by atoms with E-state index in [0.717, 1.165) is 25.7 Å². The van der Waals surface area contributed by atoms with Gasteiger partial charge in [0.15, 0.2) is 5.82 Å². The highest BCUT2D eigenvalue weighted by Crippen LogP contribution is 2.37. The zero-order chi connectivity index (χ0) is 22.5. The van der Waals surface area contributed by atoms with Crippen molar-refractivity contribution in [3.05, 3.63) is 58.6 Å². The number of nitrogens with one attached hydrogen (secondary N) is 3. The molecule has 4 N–H and O–H groups in total. The third-order valence-electron chi connectivity index (χ3n) is 5.65. The number of hydrogen-bond acceptors (Lipinski definition) is 6. The minimum atomic E-state index is -0.712. The Morgan fingerprint density at radius 1 is 1.06 bits per heavy atom. The van der Waals surface area contributed by atoms with Crippen LogP contribution < -0.4 is 10.6 Å². The Kier molecular flexibility index (Phi) is 6.79. The molecule has 10 heteroatoms. The van der Waals surface area contributed by atoms with Gasteiger partial charge in [0.05, 0.1) is 12.4 Å². The van der Waals surface area contributed by atoms with Crippen molar-refractivity contribution in [1.29, 1.82) is 0 Å². The van der Waals surface area contributed by atoms with E-state index in [4.69, 9.17) is 5.11 Å². The van der Waals surface area contributed by atoms with Crippen molar-refractivity contribution in [2.45, 2.75) is 38.0 Å². The van der Waals surface area contributed by atoms with Crippen LogP contribution in [0, 0.1) is 5.92 Å². The molecule has 0 atom stereocenters. The summed E-state index contributed by atoms with van der Waals surface area (Å²) in [6.45, 7) is 0. The first-order chi connectivity index (χ1) is 15.5. The predicted molar refractivity (Wildman–Crippen MR) is 123 cm³/mol. The van der Waals surface area contributed by atoms with Gasteiger partial charge < -0.3 is 15.7 Å². The monoisotopic (exact) mass is 498 g/mol. The highest BCUT2D eigenvalue weighted by atomic mass is 79.9. The first-order valence-electron chi connectivity index (χ1n) is 10.4. The average molecular weight is 499 g/mol. The van der Waals surface area contributed by atoms with Crippen molar-refractivity contribution in [3.8, 4) is 0 Å². The number of carbonyl (C=O) groups excluding carboxylic acids is 1. The maximum absolute atomic E-state index is 12.5. The summed E-state index contributed by atoms with van der Waals surface area (Å²) < 4.78 is 0.627. The molecule has 32 heavy (non-hydrogen) atoms. The summed E-state index contributed by atoms with van der Waals surface area (Å²) >= 11 is 3.23. The number of H-pyrrole nitrogens is 1. The van der Waals surface area contributed by atoms with E-state index in [9.17, 15) is 9.59 Å². The van der Waals surface area contributed by atoms with Crippen LogP contribution in [0.1, 0.15) is 54.1 Å². The van der Waals surface area contributed by atoms with E-state index in [1.54, 1.807) is 18.5 Å². The molecule has 1 amide bonds. The second kappa shape index (κ2) is 9.90. The molecule has 0 aliphatic heterocycles. The van der Waals surface area contributed by atoms with Gasteiger partial charge in [0.25, 0.3) is 5.91 Å². The molecule has 0 radical (unpaired) electrons. The van der Waals surface area contributed by atoms with Crippen LogP contribution in [0.4, 0.5) is 17.3 Å². The quantitative estimate of drug-likeness (QED) is 0.370. The van der Waals surface area contributed by atoms with Gasteiger partial charge in [-0.1, -0.05) is 12.1 Å². The fourth-order valence-corrected chi connectivity index (χ4v) is 4.20. The standard InChI is InChI=1S/C22H23BrN6O3/c23-18-11-25-20(12-24-18)27-19-10-17(28-29-19)22(32)26-16-7-5-15(6-8-16)14-3-1-13(2-4-14)9-21(30)31/h5-8,10-14H,1-4,9H2,(H,26,32)(H,30,31)(H2,25,27,28,29). The normalized spacial score (nSPS) is 18.2. The van der Waals surface area contributed by atoms with E-state index in [1.165, 1.54) is 5.56 Å². The predicted octanol–water partition coefficient (Wildman–Crippen LogP) is 4.71. The molecular weight excluding hydrogens is 476 g/mol. The number of rotatable bonds is 7. The molecule has 2 aromatic heterocycles. The number of anilines is 3. The van der Waals surface area contributed by atoms with Gasteiger partial charge >= 0.3 is 5.97 Å². The Bertz CT molecular complexity index is 1080. The SMILES string of the molecule is O=C(O)CC1CCC(c2ccc(NC(=O)c3cc(Nc4cnc(Br)cn4)n[nH]3)cc2)CC1. The van der Waals surface area contributed by atoms with Crippen LogP contribution in [0.25, 0.3) is 0 Å². The van der Waals surface area contributed by atoms with Crippen molar-refractivity contribution >= 4 is 45.1 Å². The summed E-state index contributed by atoms with van der Waals surface area (Å²) in [5.74, 6) is 0.685. The number of carboxylic acid groups (broad SMARTS) is 1. The average Bonchev–Trinajstić information content (AvgIpc) is 3.25. The minimum absolute atomic E-state index is 0.263. The number of aromatic amines is 1. The molecule has 4 rings (SSSR count). The van der Waals surface area contributed by atoms with Gasteiger partial charge in [-0.25, -0.2) is 9.97 Å². The molecule has 0 saturated heterocycles. The number of hydrogen-bond donors (Lipinski definition) is 4. The number of nitrogens with zero attached hydrogens (tertiary/aromatic N) is 3. The summed E-state index contributed by atoms with van der Waals surface area (Å²) in [7, 11) is 0. The number of carbonyl (C=O) groups is 2. The lowest BCUT2D eigenvalue weighted by Crippen LogP contribution is -2.16. The van der Waals surface area contributed by atoms with Crippen molar-refractivity contribution in [1.82, 2.24) is 20.2 Å². The van der Waals surface area contributed by atoms with Crippen LogP contribution >= 0.6 is 15.9 Å². The zero-order valence-electron chi connectivity index (χ0n) is 17.2. The van der Waals surface area contributed by atoms with Gasteiger partial charge in [-0.3, -0.25) is 14.7 Å². The molecule has 166 valence electrons.